The van der Waals surface area contributed by atoms with Gasteiger partial charge in [-0.1, -0.05) is 37.3 Å². The van der Waals surface area contributed by atoms with Crippen molar-refractivity contribution in [1.82, 2.24) is 5.32 Å². The number of thiophene rings is 1. The first-order chi connectivity index (χ1) is 10.3. The predicted octanol–water partition coefficient (Wildman–Crippen LogP) is 4.16. The fraction of sp³-hybridized carbons (Fsp3) is 0.389. The molecule has 2 aromatic rings. The summed E-state index contributed by atoms with van der Waals surface area (Å²) >= 11 is 1.75. The number of carbonyl (C=O) groups excluding carboxylic acids is 1. The molecule has 1 heterocycles. The predicted molar refractivity (Wildman–Crippen MR) is 88.2 cm³/mol. The molecule has 110 valence electrons. The maximum atomic E-state index is 12.4. The first-order valence-corrected chi connectivity index (χ1v) is 8.56. The summed E-state index contributed by atoms with van der Waals surface area (Å²) in [7, 11) is 0. The molecule has 1 aliphatic carbocycles. The van der Waals surface area contributed by atoms with Crippen LogP contribution in [-0.4, -0.2) is 12.5 Å². The smallest absolute Gasteiger partial charge is 0.252 e. The van der Waals surface area contributed by atoms with E-state index < -0.39 is 0 Å². The van der Waals surface area contributed by atoms with Gasteiger partial charge >= 0.3 is 0 Å². The second-order valence-electron chi connectivity index (χ2n) is 5.78. The summed E-state index contributed by atoms with van der Waals surface area (Å²) in [5.41, 5.74) is 3.48. The molecule has 21 heavy (non-hydrogen) atoms. The number of carbonyl (C=O) groups is 1. The van der Waals surface area contributed by atoms with Crippen LogP contribution in [0.3, 0.4) is 0 Å². The number of aryl methyl sites for hydroxylation is 1. The zero-order valence-corrected chi connectivity index (χ0v) is 13.2. The Balaban J connectivity index is 1.63. The lowest BCUT2D eigenvalue weighted by atomic mass is 9.95. The highest BCUT2D eigenvalue weighted by atomic mass is 32.1. The minimum absolute atomic E-state index is 0.0946. The number of rotatable bonds is 4. The van der Waals surface area contributed by atoms with Gasteiger partial charge in [-0.2, -0.15) is 0 Å². The number of benzene rings is 1. The lowest BCUT2D eigenvalue weighted by Crippen LogP contribution is -2.28. The SMILES string of the molecule is CC(CNC(=O)c1csc2c1CCCC2)c1ccccc1. The Kier molecular flexibility index (Phi) is 4.39. The zero-order valence-electron chi connectivity index (χ0n) is 12.4. The number of fused-ring (bicyclic) bond motifs is 1. The summed E-state index contributed by atoms with van der Waals surface area (Å²) in [6, 6.07) is 10.3. The van der Waals surface area contributed by atoms with E-state index in [1.54, 1.807) is 11.3 Å². The number of nitrogens with one attached hydrogen (secondary N) is 1. The molecule has 3 rings (SSSR count). The number of hydrogen-bond acceptors (Lipinski definition) is 2. The highest BCUT2D eigenvalue weighted by Gasteiger charge is 2.20. The van der Waals surface area contributed by atoms with Crippen molar-refractivity contribution in [2.45, 2.75) is 38.5 Å². The minimum Gasteiger partial charge on any atom is -0.351 e. The van der Waals surface area contributed by atoms with Crippen LogP contribution in [0.25, 0.3) is 0 Å². The van der Waals surface area contributed by atoms with Crippen molar-refractivity contribution in [2.75, 3.05) is 6.54 Å². The van der Waals surface area contributed by atoms with Crippen molar-refractivity contribution in [2.24, 2.45) is 0 Å². The number of amides is 1. The van der Waals surface area contributed by atoms with Gasteiger partial charge in [0.25, 0.3) is 5.91 Å². The summed E-state index contributed by atoms with van der Waals surface area (Å²) < 4.78 is 0. The molecule has 0 spiro atoms. The third kappa shape index (κ3) is 3.18. The largest absolute Gasteiger partial charge is 0.351 e. The van der Waals surface area contributed by atoms with Gasteiger partial charge in [0.05, 0.1) is 5.56 Å². The fourth-order valence-electron chi connectivity index (χ4n) is 2.92. The normalized spacial score (nSPS) is 15.3. The maximum Gasteiger partial charge on any atom is 0.252 e. The highest BCUT2D eigenvalue weighted by molar-refractivity contribution is 7.10. The van der Waals surface area contributed by atoms with Crippen LogP contribution in [-0.2, 0) is 12.8 Å². The molecule has 0 aliphatic heterocycles. The van der Waals surface area contributed by atoms with Gasteiger partial charge in [0.2, 0.25) is 0 Å². The molecular formula is C18H21NOS. The van der Waals surface area contributed by atoms with Crippen LogP contribution in [0.1, 0.15) is 52.0 Å². The van der Waals surface area contributed by atoms with Crippen LogP contribution in [0.5, 0.6) is 0 Å². The van der Waals surface area contributed by atoms with E-state index in [-0.39, 0.29) is 5.91 Å². The van der Waals surface area contributed by atoms with Crippen molar-refractivity contribution < 1.29 is 4.79 Å². The van der Waals surface area contributed by atoms with E-state index >= 15 is 0 Å². The van der Waals surface area contributed by atoms with Crippen LogP contribution < -0.4 is 5.32 Å². The lowest BCUT2D eigenvalue weighted by Gasteiger charge is -2.15. The molecule has 0 saturated heterocycles. The van der Waals surface area contributed by atoms with Gasteiger partial charge in [-0.25, -0.2) is 0 Å². The Bertz CT molecular complexity index is 617. The van der Waals surface area contributed by atoms with E-state index in [1.807, 2.05) is 23.6 Å². The van der Waals surface area contributed by atoms with Crippen molar-refractivity contribution in [3.05, 3.63) is 57.3 Å². The average molecular weight is 299 g/mol. The van der Waals surface area contributed by atoms with Gasteiger partial charge in [-0.05, 0) is 42.7 Å². The van der Waals surface area contributed by atoms with Crippen LogP contribution in [0, 0.1) is 0 Å². The van der Waals surface area contributed by atoms with E-state index in [9.17, 15) is 4.79 Å². The van der Waals surface area contributed by atoms with Gasteiger partial charge in [0, 0.05) is 16.8 Å². The molecular weight excluding hydrogens is 278 g/mol. The maximum absolute atomic E-state index is 12.4. The van der Waals surface area contributed by atoms with Gasteiger partial charge in [0.15, 0.2) is 0 Å². The van der Waals surface area contributed by atoms with E-state index in [4.69, 9.17) is 0 Å². The Hall–Kier alpha value is -1.61. The molecule has 1 atom stereocenters. The van der Waals surface area contributed by atoms with E-state index in [0.29, 0.717) is 12.5 Å². The van der Waals surface area contributed by atoms with Gasteiger partial charge in [0.1, 0.15) is 0 Å². The highest BCUT2D eigenvalue weighted by Crippen LogP contribution is 2.30. The Morgan fingerprint density at radius 1 is 1.24 bits per heavy atom. The van der Waals surface area contributed by atoms with E-state index in [2.05, 4.69) is 24.4 Å². The van der Waals surface area contributed by atoms with Crippen LogP contribution in [0.15, 0.2) is 35.7 Å². The first-order valence-electron chi connectivity index (χ1n) is 7.68. The summed E-state index contributed by atoms with van der Waals surface area (Å²) in [6.07, 6.45) is 4.69. The quantitative estimate of drug-likeness (QED) is 0.902. The standard InChI is InChI=1S/C18H21NOS/c1-13(14-7-3-2-4-8-14)11-19-18(20)16-12-21-17-10-6-5-9-15(16)17/h2-4,7-8,12-13H,5-6,9-11H2,1H3,(H,19,20). The molecule has 0 radical (unpaired) electrons. The third-order valence-corrected chi connectivity index (χ3v) is 5.33. The molecule has 1 aliphatic rings. The summed E-state index contributed by atoms with van der Waals surface area (Å²) in [4.78, 5) is 13.8. The van der Waals surface area contributed by atoms with Crippen LogP contribution >= 0.6 is 11.3 Å². The average Bonchev–Trinajstić information content (AvgIpc) is 2.97. The minimum atomic E-state index is 0.0946. The molecule has 2 nitrogen and oxygen atoms in total. The first kappa shape index (κ1) is 14.3. The van der Waals surface area contributed by atoms with Gasteiger partial charge in [-0.15, -0.1) is 11.3 Å². The Labute approximate surface area is 130 Å². The van der Waals surface area contributed by atoms with E-state index in [0.717, 1.165) is 18.4 Å². The van der Waals surface area contributed by atoms with Crippen LogP contribution in [0.4, 0.5) is 0 Å². The molecule has 1 unspecified atom stereocenters. The Morgan fingerprint density at radius 3 is 2.81 bits per heavy atom. The molecule has 1 aromatic carbocycles. The van der Waals surface area contributed by atoms with Gasteiger partial charge in [-0.3, -0.25) is 4.79 Å². The second-order valence-corrected chi connectivity index (χ2v) is 6.74. The number of hydrogen-bond donors (Lipinski definition) is 1. The summed E-state index contributed by atoms with van der Waals surface area (Å²) in [5.74, 6) is 0.432. The van der Waals surface area contributed by atoms with Crippen molar-refractivity contribution in [1.29, 1.82) is 0 Å². The molecule has 1 N–H and O–H groups in total. The third-order valence-electron chi connectivity index (χ3n) is 4.24. The van der Waals surface area contributed by atoms with Crippen LogP contribution in [0.2, 0.25) is 0 Å². The van der Waals surface area contributed by atoms with Crippen molar-refractivity contribution in [3.8, 4) is 0 Å². The molecule has 0 saturated carbocycles. The Morgan fingerprint density at radius 2 is 2.00 bits per heavy atom. The monoisotopic (exact) mass is 299 g/mol. The molecule has 1 amide bonds. The van der Waals surface area contributed by atoms with Crippen molar-refractivity contribution >= 4 is 17.2 Å². The van der Waals surface area contributed by atoms with Crippen molar-refractivity contribution in [3.63, 3.8) is 0 Å². The molecule has 0 fully saturated rings. The molecule has 1 aromatic heterocycles. The zero-order chi connectivity index (χ0) is 14.7. The molecule has 0 bridgehead atoms. The lowest BCUT2D eigenvalue weighted by molar-refractivity contribution is 0.0951. The second kappa shape index (κ2) is 6.44. The molecule has 3 heteroatoms. The summed E-state index contributed by atoms with van der Waals surface area (Å²) in [6.45, 7) is 2.84. The fourth-order valence-corrected chi connectivity index (χ4v) is 4.05. The van der Waals surface area contributed by atoms with E-state index in [1.165, 1.54) is 28.8 Å². The summed E-state index contributed by atoms with van der Waals surface area (Å²) in [5, 5.41) is 5.14. The topological polar surface area (TPSA) is 29.1 Å². The van der Waals surface area contributed by atoms with Gasteiger partial charge < -0.3 is 5.32 Å².